The van der Waals surface area contributed by atoms with Crippen LogP contribution in [0.4, 0.5) is 5.69 Å². The van der Waals surface area contributed by atoms with Crippen molar-refractivity contribution in [2.75, 3.05) is 18.9 Å². The van der Waals surface area contributed by atoms with E-state index in [1.165, 1.54) is 0 Å². The predicted molar refractivity (Wildman–Crippen MR) is 54.5 cm³/mol. The van der Waals surface area contributed by atoms with Crippen molar-refractivity contribution >= 4 is 17.3 Å². The summed E-state index contributed by atoms with van der Waals surface area (Å²) in [5.74, 6) is 0.335. The van der Waals surface area contributed by atoms with E-state index in [4.69, 9.17) is 32.3 Å². The van der Waals surface area contributed by atoms with Crippen LogP contribution in [-0.2, 0) is 0 Å². The first-order valence-electron chi connectivity index (χ1n) is 4.11. The molecule has 0 aliphatic carbocycles. The number of hydrogen-bond acceptors (Lipinski definition) is 4. The summed E-state index contributed by atoms with van der Waals surface area (Å²) in [6, 6.07) is 4.98. The van der Waals surface area contributed by atoms with E-state index in [0.29, 0.717) is 16.5 Å². The van der Waals surface area contributed by atoms with E-state index in [-0.39, 0.29) is 13.2 Å². The van der Waals surface area contributed by atoms with Gasteiger partial charge < -0.3 is 20.7 Å². The SMILES string of the molecule is Nc1cccc(Cl)c1OCC(O)CO. The highest BCUT2D eigenvalue weighted by Crippen LogP contribution is 2.30. The van der Waals surface area contributed by atoms with Crippen LogP contribution in [0.5, 0.6) is 5.75 Å². The maximum absolute atomic E-state index is 9.04. The van der Waals surface area contributed by atoms with E-state index in [1.54, 1.807) is 18.2 Å². The second-order valence-electron chi connectivity index (χ2n) is 2.81. The molecule has 78 valence electrons. The summed E-state index contributed by atoms with van der Waals surface area (Å²) in [7, 11) is 0. The Morgan fingerprint density at radius 2 is 2.21 bits per heavy atom. The number of nitrogens with two attached hydrogens (primary N) is 1. The predicted octanol–water partition coefficient (Wildman–Crippen LogP) is 0.654. The van der Waals surface area contributed by atoms with Gasteiger partial charge in [0.05, 0.1) is 17.3 Å². The molecule has 0 spiro atoms. The van der Waals surface area contributed by atoms with E-state index in [9.17, 15) is 0 Å². The summed E-state index contributed by atoms with van der Waals surface area (Å²) < 4.78 is 5.15. The van der Waals surface area contributed by atoms with Gasteiger partial charge in [0.2, 0.25) is 0 Å². The maximum atomic E-state index is 9.04. The molecule has 0 aromatic heterocycles. The van der Waals surface area contributed by atoms with Crippen LogP contribution in [0.3, 0.4) is 0 Å². The monoisotopic (exact) mass is 217 g/mol. The van der Waals surface area contributed by atoms with Gasteiger partial charge in [-0.25, -0.2) is 0 Å². The molecule has 0 aliphatic heterocycles. The second-order valence-corrected chi connectivity index (χ2v) is 3.21. The topological polar surface area (TPSA) is 75.7 Å². The summed E-state index contributed by atoms with van der Waals surface area (Å²) >= 11 is 5.81. The molecule has 4 N–H and O–H groups in total. The van der Waals surface area contributed by atoms with Crippen LogP contribution >= 0.6 is 11.6 Å². The first kappa shape index (κ1) is 11.1. The first-order chi connectivity index (χ1) is 6.65. The Kier molecular flexibility index (Phi) is 4.00. The standard InChI is InChI=1S/C9H12ClNO3/c10-7-2-1-3-8(11)9(7)14-5-6(13)4-12/h1-3,6,12-13H,4-5,11H2. The van der Waals surface area contributed by atoms with Gasteiger partial charge in [0.25, 0.3) is 0 Å². The average molecular weight is 218 g/mol. The number of hydrogen-bond donors (Lipinski definition) is 3. The van der Waals surface area contributed by atoms with Crippen LogP contribution in [0.25, 0.3) is 0 Å². The summed E-state index contributed by atoms with van der Waals surface area (Å²) in [5, 5.41) is 18.0. The van der Waals surface area contributed by atoms with Crippen LogP contribution in [0.15, 0.2) is 18.2 Å². The Morgan fingerprint density at radius 3 is 2.79 bits per heavy atom. The van der Waals surface area contributed by atoms with E-state index in [0.717, 1.165) is 0 Å². The van der Waals surface area contributed by atoms with Crippen molar-refractivity contribution in [1.82, 2.24) is 0 Å². The number of para-hydroxylation sites is 1. The third-order valence-corrected chi connectivity index (χ3v) is 1.93. The van der Waals surface area contributed by atoms with Crippen molar-refractivity contribution in [2.45, 2.75) is 6.10 Å². The molecule has 14 heavy (non-hydrogen) atoms. The lowest BCUT2D eigenvalue weighted by molar-refractivity contribution is 0.0539. The van der Waals surface area contributed by atoms with E-state index < -0.39 is 6.10 Å². The van der Waals surface area contributed by atoms with Gasteiger partial charge in [-0.05, 0) is 12.1 Å². The zero-order valence-corrected chi connectivity index (χ0v) is 8.24. The van der Waals surface area contributed by atoms with Crippen LogP contribution in [0.2, 0.25) is 5.02 Å². The van der Waals surface area contributed by atoms with Gasteiger partial charge in [0.15, 0.2) is 5.75 Å². The van der Waals surface area contributed by atoms with Crippen LogP contribution < -0.4 is 10.5 Å². The number of aliphatic hydroxyl groups is 2. The smallest absolute Gasteiger partial charge is 0.160 e. The normalized spacial score (nSPS) is 12.5. The number of ether oxygens (including phenoxy) is 1. The molecule has 0 saturated heterocycles. The number of benzene rings is 1. The minimum Gasteiger partial charge on any atom is -0.487 e. The van der Waals surface area contributed by atoms with Gasteiger partial charge in [-0.3, -0.25) is 0 Å². The zero-order chi connectivity index (χ0) is 10.6. The molecule has 1 unspecified atom stereocenters. The highest BCUT2D eigenvalue weighted by molar-refractivity contribution is 6.32. The number of nitrogen functional groups attached to an aromatic ring is 1. The third kappa shape index (κ3) is 2.77. The molecule has 4 nitrogen and oxygen atoms in total. The van der Waals surface area contributed by atoms with Crippen LogP contribution in [0, 0.1) is 0 Å². The molecule has 1 aromatic rings. The summed E-state index contributed by atoms with van der Waals surface area (Å²) in [6.45, 7) is -0.394. The van der Waals surface area contributed by atoms with E-state index in [2.05, 4.69) is 0 Å². The Balaban J connectivity index is 2.66. The lowest BCUT2D eigenvalue weighted by atomic mass is 10.3. The lowest BCUT2D eigenvalue weighted by Gasteiger charge is -2.12. The quantitative estimate of drug-likeness (QED) is 0.648. The van der Waals surface area contributed by atoms with Crippen molar-refractivity contribution in [1.29, 1.82) is 0 Å². The molecule has 0 bridgehead atoms. The Labute approximate surface area is 86.9 Å². The maximum Gasteiger partial charge on any atom is 0.160 e. The number of aliphatic hydroxyl groups excluding tert-OH is 2. The van der Waals surface area contributed by atoms with Crippen molar-refractivity contribution in [2.24, 2.45) is 0 Å². The van der Waals surface area contributed by atoms with Gasteiger partial charge >= 0.3 is 0 Å². The molecular weight excluding hydrogens is 206 g/mol. The summed E-state index contributed by atoms with van der Waals surface area (Å²) in [5.41, 5.74) is 6.00. The van der Waals surface area contributed by atoms with E-state index >= 15 is 0 Å². The molecule has 1 atom stereocenters. The molecule has 0 amide bonds. The fourth-order valence-electron chi connectivity index (χ4n) is 0.910. The Morgan fingerprint density at radius 1 is 1.50 bits per heavy atom. The molecule has 1 rings (SSSR count). The van der Waals surface area contributed by atoms with Crippen molar-refractivity contribution in [3.05, 3.63) is 23.2 Å². The summed E-state index contributed by atoms with van der Waals surface area (Å²) in [6.07, 6.45) is -0.925. The fourth-order valence-corrected chi connectivity index (χ4v) is 1.15. The van der Waals surface area contributed by atoms with Gasteiger partial charge in [0, 0.05) is 0 Å². The minimum atomic E-state index is -0.925. The first-order valence-corrected chi connectivity index (χ1v) is 4.48. The van der Waals surface area contributed by atoms with Crippen molar-refractivity contribution < 1.29 is 14.9 Å². The average Bonchev–Trinajstić information content (AvgIpc) is 2.16. The largest absolute Gasteiger partial charge is 0.487 e. The van der Waals surface area contributed by atoms with Gasteiger partial charge in [-0.2, -0.15) is 0 Å². The Hall–Kier alpha value is -0.970. The Bertz CT molecular complexity index is 286. The second kappa shape index (κ2) is 5.05. The molecular formula is C9H12ClNO3. The van der Waals surface area contributed by atoms with Gasteiger partial charge in [-0.15, -0.1) is 0 Å². The van der Waals surface area contributed by atoms with Gasteiger partial charge in [0.1, 0.15) is 12.7 Å². The molecule has 0 radical (unpaired) electrons. The fraction of sp³-hybridized carbons (Fsp3) is 0.333. The third-order valence-electron chi connectivity index (χ3n) is 1.63. The molecule has 5 heteroatoms. The van der Waals surface area contributed by atoms with E-state index in [1.807, 2.05) is 0 Å². The highest BCUT2D eigenvalue weighted by atomic mass is 35.5. The number of rotatable bonds is 4. The lowest BCUT2D eigenvalue weighted by Crippen LogP contribution is -2.21. The molecule has 0 heterocycles. The number of anilines is 1. The van der Waals surface area contributed by atoms with Crippen LogP contribution in [0.1, 0.15) is 0 Å². The number of halogens is 1. The summed E-state index contributed by atoms with van der Waals surface area (Å²) in [4.78, 5) is 0. The minimum absolute atomic E-state index is 0.0373. The zero-order valence-electron chi connectivity index (χ0n) is 7.48. The van der Waals surface area contributed by atoms with Crippen molar-refractivity contribution in [3.63, 3.8) is 0 Å². The molecule has 0 saturated carbocycles. The molecule has 1 aromatic carbocycles. The highest BCUT2D eigenvalue weighted by Gasteiger charge is 2.08. The van der Waals surface area contributed by atoms with Crippen LogP contribution in [-0.4, -0.2) is 29.5 Å². The molecule has 0 aliphatic rings. The molecule has 0 fully saturated rings. The van der Waals surface area contributed by atoms with Crippen molar-refractivity contribution in [3.8, 4) is 5.75 Å². The van der Waals surface area contributed by atoms with Gasteiger partial charge in [-0.1, -0.05) is 17.7 Å².